The number of fused-ring (bicyclic) bond motifs is 2. The number of aliphatic hydroxyl groups is 1. The van der Waals surface area contributed by atoms with Crippen LogP contribution in [-0.4, -0.2) is 50.1 Å². The smallest absolute Gasteiger partial charge is 0.269 e. The number of nitrogens with zero attached hydrogens (tertiary/aromatic N) is 8. The van der Waals surface area contributed by atoms with Crippen molar-refractivity contribution in [2.75, 3.05) is 5.32 Å². The molecule has 0 radical (unpaired) electrons. The maximum atomic E-state index is 14.5. The molecule has 1 aliphatic rings. The predicted molar refractivity (Wildman–Crippen MR) is 140 cm³/mol. The SMILES string of the molecule is Cn1c(Nc2cc(C(C)(C)C)n([C@H]3CCC[C@H]3O)n2)nc2ncc(Oc3cnn4ccncc34)c(C(F)F)c21. The Balaban J connectivity index is 1.39. The number of ether oxygens (including phenoxy) is 1. The van der Waals surface area contributed by atoms with E-state index in [-0.39, 0.29) is 39.7 Å². The first-order valence-electron chi connectivity index (χ1n) is 12.8. The Morgan fingerprint density at radius 3 is 2.69 bits per heavy atom. The van der Waals surface area contributed by atoms with Gasteiger partial charge in [0.15, 0.2) is 23.0 Å². The molecule has 1 fully saturated rings. The van der Waals surface area contributed by atoms with Crippen LogP contribution in [0.5, 0.6) is 11.5 Å². The van der Waals surface area contributed by atoms with Gasteiger partial charge in [0.25, 0.3) is 6.43 Å². The molecule has 0 spiro atoms. The second kappa shape index (κ2) is 9.26. The van der Waals surface area contributed by atoms with E-state index in [2.05, 4.69) is 46.1 Å². The van der Waals surface area contributed by atoms with E-state index in [1.807, 2.05) is 10.7 Å². The standard InChI is InChI=1S/C26H29F2N9O2/c1-26(2,3)19-10-20(34-37(19)14-6-5-7-16(14)38)32-25-33-24-22(35(25)4)21(23(27)28)18(12-30-24)39-17-13-31-36-9-8-29-11-15(17)36/h8-14,16,23,38H,5-7H2,1-4H3,(H,30,32,33,34)/t14-,16+/m0/s1. The number of hydrogen-bond acceptors (Lipinski definition) is 8. The summed E-state index contributed by atoms with van der Waals surface area (Å²) in [5, 5.41) is 22.6. The molecule has 39 heavy (non-hydrogen) atoms. The Kier molecular flexibility index (Phi) is 5.97. The maximum Gasteiger partial charge on any atom is 0.269 e. The van der Waals surface area contributed by atoms with Crippen LogP contribution in [0.2, 0.25) is 0 Å². The summed E-state index contributed by atoms with van der Waals surface area (Å²) in [6.45, 7) is 6.25. The number of hydrogen-bond donors (Lipinski definition) is 2. The minimum absolute atomic E-state index is 0.0969. The average Bonchev–Trinajstić information content (AvgIpc) is 3.66. The number of nitrogens with one attached hydrogen (secondary N) is 1. The van der Waals surface area contributed by atoms with E-state index in [0.29, 0.717) is 17.3 Å². The highest BCUT2D eigenvalue weighted by atomic mass is 19.3. The Morgan fingerprint density at radius 2 is 1.97 bits per heavy atom. The summed E-state index contributed by atoms with van der Waals surface area (Å²) in [7, 11) is 1.64. The first-order chi connectivity index (χ1) is 18.6. The van der Waals surface area contributed by atoms with Crippen LogP contribution in [0.25, 0.3) is 16.7 Å². The van der Waals surface area contributed by atoms with Crippen molar-refractivity contribution in [2.24, 2.45) is 7.05 Å². The third kappa shape index (κ3) is 4.36. The molecule has 11 nitrogen and oxygen atoms in total. The number of halogens is 2. The molecule has 0 aromatic carbocycles. The number of alkyl halides is 2. The summed E-state index contributed by atoms with van der Waals surface area (Å²) in [6, 6.07) is 1.80. The van der Waals surface area contributed by atoms with E-state index >= 15 is 0 Å². The van der Waals surface area contributed by atoms with E-state index in [4.69, 9.17) is 9.84 Å². The van der Waals surface area contributed by atoms with Crippen molar-refractivity contribution < 1.29 is 18.6 Å². The molecule has 1 aliphatic carbocycles. The van der Waals surface area contributed by atoms with Crippen LogP contribution in [0.15, 0.2) is 37.1 Å². The number of aliphatic hydroxyl groups excluding tert-OH is 1. The quantitative estimate of drug-likeness (QED) is 0.308. The van der Waals surface area contributed by atoms with Gasteiger partial charge in [-0.3, -0.25) is 9.67 Å². The highest BCUT2D eigenvalue weighted by Gasteiger charge is 2.33. The van der Waals surface area contributed by atoms with E-state index in [1.165, 1.54) is 27.7 Å². The molecule has 13 heteroatoms. The van der Waals surface area contributed by atoms with Gasteiger partial charge in [-0.2, -0.15) is 15.2 Å². The number of imidazole rings is 1. The van der Waals surface area contributed by atoms with Gasteiger partial charge in [0.1, 0.15) is 11.0 Å². The summed E-state index contributed by atoms with van der Waals surface area (Å²) >= 11 is 0. The summed E-state index contributed by atoms with van der Waals surface area (Å²) in [5.74, 6) is 0.988. The van der Waals surface area contributed by atoms with E-state index in [9.17, 15) is 13.9 Å². The van der Waals surface area contributed by atoms with E-state index in [0.717, 1.165) is 25.0 Å². The molecule has 5 heterocycles. The molecule has 0 saturated heterocycles. The Hall–Kier alpha value is -4.13. The summed E-state index contributed by atoms with van der Waals surface area (Å²) in [5.41, 5.74) is 1.21. The highest BCUT2D eigenvalue weighted by Crippen LogP contribution is 2.40. The molecule has 2 N–H and O–H groups in total. The third-order valence-corrected chi connectivity index (χ3v) is 7.13. The van der Waals surface area contributed by atoms with Crippen LogP contribution in [0.3, 0.4) is 0 Å². The van der Waals surface area contributed by atoms with Crippen LogP contribution in [0.1, 0.15) is 63.8 Å². The fraction of sp³-hybridized carbons (Fsp3) is 0.423. The van der Waals surface area contributed by atoms with Crippen molar-refractivity contribution >= 4 is 28.4 Å². The van der Waals surface area contributed by atoms with Gasteiger partial charge in [-0.1, -0.05) is 20.8 Å². The second-order valence-corrected chi connectivity index (χ2v) is 10.8. The molecule has 0 amide bonds. The Bertz CT molecular complexity index is 1670. The lowest BCUT2D eigenvalue weighted by atomic mass is 9.91. The molecule has 2 atom stereocenters. The highest BCUT2D eigenvalue weighted by molar-refractivity contribution is 5.82. The topological polar surface area (TPSA) is 120 Å². The monoisotopic (exact) mass is 537 g/mol. The number of anilines is 2. The Labute approximate surface area is 222 Å². The zero-order chi connectivity index (χ0) is 27.5. The lowest BCUT2D eigenvalue weighted by Crippen LogP contribution is -2.26. The minimum atomic E-state index is -2.86. The predicted octanol–water partition coefficient (Wildman–Crippen LogP) is 5.06. The number of aromatic nitrogens is 8. The molecule has 6 rings (SSSR count). The minimum Gasteiger partial charge on any atom is -0.451 e. The summed E-state index contributed by atoms with van der Waals surface area (Å²) < 4.78 is 39.8. The van der Waals surface area contributed by atoms with Crippen LogP contribution in [0.4, 0.5) is 20.5 Å². The molecule has 1 saturated carbocycles. The average molecular weight is 538 g/mol. The zero-order valence-corrected chi connectivity index (χ0v) is 22.0. The maximum absolute atomic E-state index is 14.5. The van der Waals surface area contributed by atoms with Gasteiger partial charge < -0.3 is 19.7 Å². The zero-order valence-electron chi connectivity index (χ0n) is 22.0. The summed E-state index contributed by atoms with van der Waals surface area (Å²) in [4.78, 5) is 12.8. The van der Waals surface area contributed by atoms with Crippen LogP contribution in [-0.2, 0) is 12.5 Å². The van der Waals surface area contributed by atoms with Gasteiger partial charge in [-0.25, -0.2) is 18.3 Å². The number of pyridine rings is 1. The molecule has 0 bridgehead atoms. The lowest BCUT2D eigenvalue weighted by molar-refractivity contribution is 0.127. The normalized spacial score (nSPS) is 18.1. The molecule has 5 aromatic rings. The fourth-order valence-electron chi connectivity index (χ4n) is 5.18. The van der Waals surface area contributed by atoms with Crippen molar-refractivity contribution in [3.05, 3.63) is 48.3 Å². The second-order valence-electron chi connectivity index (χ2n) is 10.8. The van der Waals surface area contributed by atoms with Crippen molar-refractivity contribution in [1.29, 1.82) is 0 Å². The van der Waals surface area contributed by atoms with Crippen molar-refractivity contribution in [2.45, 2.75) is 64.0 Å². The fourth-order valence-corrected chi connectivity index (χ4v) is 5.18. The first-order valence-corrected chi connectivity index (χ1v) is 12.8. The summed E-state index contributed by atoms with van der Waals surface area (Å²) in [6.07, 6.45) is 6.61. The van der Waals surface area contributed by atoms with Crippen molar-refractivity contribution in [1.82, 2.24) is 38.9 Å². The van der Waals surface area contributed by atoms with Gasteiger partial charge in [-0.15, -0.1) is 0 Å². The van der Waals surface area contributed by atoms with Crippen LogP contribution in [0, 0.1) is 0 Å². The lowest BCUT2D eigenvalue weighted by Gasteiger charge is -2.25. The largest absolute Gasteiger partial charge is 0.451 e. The van der Waals surface area contributed by atoms with Gasteiger partial charge in [0, 0.05) is 36.6 Å². The molecular weight excluding hydrogens is 508 g/mol. The Morgan fingerprint density at radius 1 is 1.15 bits per heavy atom. The molecule has 0 aliphatic heterocycles. The third-order valence-electron chi connectivity index (χ3n) is 7.13. The van der Waals surface area contributed by atoms with Crippen molar-refractivity contribution in [3.8, 4) is 11.5 Å². The van der Waals surface area contributed by atoms with E-state index in [1.54, 1.807) is 19.4 Å². The molecule has 204 valence electrons. The molecule has 0 unspecified atom stereocenters. The number of rotatable bonds is 6. The van der Waals surface area contributed by atoms with Crippen molar-refractivity contribution in [3.63, 3.8) is 0 Å². The van der Waals surface area contributed by atoms with Gasteiger partial charge >= 0.3 is 0 Å². The molecule has 5 aromatic heterocycles. The van der Waals surface area contributed by atoms with Gasteiger partial charge in [0.2, 0.25) is 5.95 Å². The first kappa shape index (κ1) is 25.2. The number of aryl methyl sites for hydroxylation is 1. The van der Waals surface area contributed by atoms with E-state index < -0.39 is 12.5 Å². The van der Waals surface area contributed by atoms with Crippen LogP contribution < -0.4 is 10.1 Å². The van der Waals surface area contributed by atoms with Crippen LogP contribution >= 0.6 is 0 Å². The molecular formula is C26H29F2N9O2. The van der Waals surface area contributed by atoms with Gasteiger partial charge in [-0.05, 0) is 19.3 Å². The van der Waals surface area contributed by atoms with Gasteiger partial charge in [0.05, 0.1) is 36.3 Å².